The van der Waals surface area contributed by atoms with Crippen LogP contribution in [0.1, 0.15) is 23.8 Å². The second-order valence-electron chi connectivity index (χ2n) is 5.78. The minimum Gasteiger partial charge on any atom is -0.496 e. The zero-order valence-corrected chi connectivity index (χ0v) is 14.5. The lowest BCUT2D eigenvalue weighted by molar-refractivity contribution is 0.0931. The number of nitrogens with two attached hydrogens (primary N) is 1. The van der Waals surface area contributed by atoms with Gasteiger partial charge in [0.25, 0.3) is 5.91 Å². The van der Waals surface area contributed by atoms with Gasteiger partial charge in [0, 0.05) is 10.9 Å². The summed E-state index contributed by atoms with van der Waals surface area (Å²) in [5.74, 6) is -0.424. The summed E-state index contributed by atoms with van der Waals surface area (Å²) >= 11 is 0. The van der Waals surface area contributed by atoms with Crippen LogP contribution in [0, 0.1) is 5.82 Å². The minimum absolute atomic E-state index is 0.152. The van der Waals surface area contributed by atoms with E-state index in [1.165, 1.54) is 13.2 Å². The first-order valence-electron chi connectivity index (χ1n) is 8.21. The van der Waals surface area contributed by atoms with Crippen molar-refractivity contribution in [3.63, 3.8) is 0 Å². The van der Waals surface area contributed by atoms with Crippen molar-refractivity contribution < 1.29 is 13.9 Å². The molecular formula is C19H19FN4O2. The van der Waals surface area contributed by atoms with E-state index in [0.29, 0.717) is 34.2 Å². The van der Waals surface area contributed by atoms with E-state index in [4.69, 9.17) is 10.5 Å². The second-order valence-corrected chi connectivity index (χ2v) is 5.78. The molecule has 2 aromatic carbocycles. The average Bonchev–Trinajstić information content (AvgIpc) is 2.66. The lowest BCUT2D eigenvalue weighted by atomic mass is 10.0. The molecule has 0 aliphatic rings. The van der Waals surface area contributed by atoms with Gasteiger partial charge in [-0.15, -0.1) is 10.2 Å². The SMILES string of the molecule is CCC(N)NC(=O)c1cc2cccc(-c3c(F)cccc3OC)c2nn1. The first-order chi connectivity index (χ1) is 12.5. The highest BCUT2D eigenvalue weighted by Crippen LogP contribution is 2.36. The Morgan fingerprint density at radius 1 is 1.27 bits per heavy atom. The topological polar surface area (TPSA) is 90.1 Å². The van der Waals surface area contributed by atoms with Crippen LogP contribution in [0.5, 0.6) is 5.75 Å². The number of amides is 1. The number of rotatable bonds is 5. The maximum absolute atomic E-state index is 14.4. The third kappa shape index (κ3) is 3.34. The molecule has 1 unspecified atom stereocenters. The van der Waals surface area contributed by atoms with Gasteiger partial charge < -0.3 is 15.8 Å². The first-order valence-corrected chi connectivity index (χ1v) is 8.21. The summed E-state index contributed by atoms with van der Waals surface area (Å²) < 4.78 is 19.7. The highest BCUT2D eigenvalue weighted by atomic mass is 19.1. The number of methoxy groups -OCH3 is 1. The average molecular weight is 354 g/mol. The van der Waals surface area contributed by atoms with Crippen LogP contribution in [0.15, 0.2) is 42.5 Å². The van der Waals surface area contributed by atoms with Gasteiger partial charge in [0.1, 0.15) is 17.1 Å². The van der Waals surface area contributed by atoms with E-state index in [2.05, 4.69) is 15.5 Å². The lowest BCUT2D eigenvalue weighted by Crippen LogP contribution is -2.41. The number of halogens is 1. The molecule has 26 heavy (non-hydrogen) atoms. The highest BCUT2D eigenvalue weighted by molar-refractivity contribution is 5.99. The number of nitrogens with zero attached hydrogens (tertiary/aromatic N) is 2. The van der Waals surface area contributed by atoms with Crippen molar-refractivity contribution in [2.45, 2.75) is 19.5 Å². The fourth-order valence-electron chi connectivity index (χ4n) is 2.66. The number of aromatic nitrogens is 2. The van der Waals surface area contributed by atoms with E-state index < -0.39 is 17.9 Å². The van der Waals surface area contributed by atoms with Gasteiger partial charge in [-0.2, -0.15) is 0 Å². The highest BCUT2D eigenvalue weighted by Gasteiger charge is 2.17. The summed E-state index contributed by atoms with van der Waals surface area (Å²) in [6.07, 6.45) is 0.151. The number of hydrogen-bond acceptors (Lipinski definition) is 5. The molecule has 6 nitrogen and oxygen atoms in total. The molecule has 0 saturated heterocycles. The molecule has 0 radical (unpaired) electrons. The van der Waals surface area contributed by atoms with Crippen LogP contribution in [0.4, 0.5) is 4.39 Å². The quantitative estimate of drug-likeness (QED) is 0.688. The molecular weight excluding hydrogens is 335 g/mol. The minimum atomic E-state index is -0.450. The van der Waals surface area contributed by atoms with Crippen molar-refractivity contribution >= 4 is 16.8 Å². The molecule has 0 aliphatic carbocycles. The van der Waals surface area contributed by atoms with Crippen molar-refractivity contribution in [2.75, 3.05) is 7.11 Å². The van der Waals surface area contributed by atoms with Crippen molar-refractivity contribution in [1.82, 2.24) is 15.5 Å². The molecule has 0 spiro atoms. The van der Waals surface area contributed by atoms with Crippen molar-refractivity contribution in [2.24, 2.45) is 5.73 Å². The van der Waals surface area contributed by atoms with Crippen LogP contribution < -0.4 is 15.8 Å². The Morgan fingerprint density at radius 2 is 2.04 bits per heavy atom. The molecule has 7 heteroatoms. The van der Waals surface area contributed by atoms with Crippen molar-refractivity contribution in [1.29, 1.82) is 0 Å². The van der Waals surface area contributed by atoms with Gasteiger partial charge >= 0.3 is 0 Å². The normalized spacial score (nSPS) is 12.0. The summed E-state index contributed by atoms with van der Waals surface area (Å²) in [5.41, 5.74) is 7.22. The molecule has 1 amide bonds. The molecule has 0 saturated carbocycles. The van der Waals surface area contributed by atoms with Crippen LogP contribution in [0.25, 0.3) is 22.0 Å². The zero-order chi connectivity index (χ0) is 18.7. The van der Waals surface area contributed by atoms with E-state index in [9.17, 15) is 9.18 Å². The second kappa shape index (κ2) is 7.45. The predicted octanol–water partition coefficient (Wildman–Crippen LogP) is 2.87. The molecule has 0 fully saturated rings. The summed E-state index contributed by atoms with van der Waals surface area (Å²) in [6, 6.07) is 11.5. The van der Waals surface area contributed by atoms with Gasteiger partial charge in [0.2, 0.25) is 0 Å². The molecule has 0 bridgehead atoms. The third-order valence-electron chi connectivity index (χ3n) is 4.07. The molecule has 1 heterocycles. The number of nitrogens with one attached hydrogen (secondary N) is 1. The maximum Gasteiger partial charge on any atom is 0.273 e. The largest absolute Gasteiger partial charge is 0.496 e. The number of carbonyl (C=O) groups excluding carboxylic acids is 1. The van der Waals surface area contributed by atoms with Gasteiger partial charge in [-0.3, -0.25) is 4.79 Å². The Hall–Kier alpha value is -3.06. The molecule has 1 atom stereocenters. The molecule has 134 valence electrons. The molecule has 3 N–H and O–H groups in total. The smallest absolute Gasteiger partial charge is 0.273 e. The standard InChI is InChI=1S/C19H19FN4O2/c1-3-16(21)22-19(25)14-10-11-6-4-7-12(18(11)24-23-14)17-13(20)8-5-9-15(17)26-2/h4-10,16H,3,21H2,1-2H3,(H,22,25). The Labute approximate surface area is 150 Å². The summed E-state index contributed by atoms with van der Waals surface area (Å²) in [6.45, 7) is 1.87. The molecule has 3 rings (SSSR count). The molecule has 1 aromatic heterocycles. The fourth-order valence-corrected chi connectivity index (χ4v) is 2.66. The zero-order valence-electron chi connectivity index (χ0n) is 14.5. The summed E-state index contributed by atoms with van der Waals surface area (Å²) in [7, 11) is 1.48. The Morgan fingerprint density at radius 3 is 2.77 bits per heavy atom. The number of hydrogen-bond donors (Lipinski definition) is 2. The maximum atomic E-state index is 14.4. The number of benzene rings is 2. The summed E-state index contributed by atoms with van der Waals surface area (Å²) in [4.78, 5) is 12.2. The number of carbonyl (C=O) groups is 1. The van der Waals surface area contributed by atoms with Gasteiger partial charge in [0.15, 0.2) is 5.69 Å². The molecule has 0 aliphatic heterocycles. The van der Waals surface area contributed by atoms with Crippen LogP contribution in [0.2, 0.25) is 0 Å². The Balaban J connectivity index is 2.10. The Bertz CT molecular complexity index is 961. The Kier molecular flexibility index (Phi) is 5.09. The van der Waals surface area contributed by atoms with Crippen LogP contribution in [-0.2, 0) is 0 Å². The number of fused-ring (bicyclic) bond motifs is 1. The van der Waals surface area contributed by atoms with Crippen LogP contribution in [0.3, 0.4) is 0 Å². The molecule has 3 aromatic rings. The van der Waals surface area contributed by atoms with E-state index in [1.807, 2.05) is 6.92 Å². The predicted molar refractivity (Wildman–Crippen MR) is 97.2 cm³/mol. The number of ether oxygens (including phenoxy) is 1. The van der Waals surface area contributed by atoms with Gasteiger partial charge in [0.05, 0.1) is 18.8 Å². The monoisotopic (exact) mass is 354 g/mol. The van der Waals surface area contributed by atoms with Gasteiger partial charge in [-0.1, -0.05) is 31.2 Å². The lowest BCUT2D eigenvalue weighted by Gasteiger charge is -2.13. The van der Waals surface area contributed by atoms with E-state index in [0.717, 1.165) is 0 Å². The fraction of sp³-hybridized carbons (Fsp3) is 0.211. The van der Waals surface area contributed by atoms with Crippen molar-refractivity contribution in [3.05, 3.63) is 54.0 Å². The van der Waals surface area contributed by atoms with Gasteiger partial charge in [-0.25, -0.2) is 4.39 Å². The van der Waals surface area contributed by atoms with E-state index in [1.54, 1.807) is 36.4 Å². The van der Waals surface area contributed by atoms with E-state index in [-0.39, 0.29) is 5.69 Å². The summed E-state index contributed by atoms with van der Waals surface area (Å²) in [5, 5.41) is 11.4. The van der Waals surface area contributed by atoms with Crippen LogP contribution in [-0.4, -0.2) is 29.4 Å². The first kappa shape index (κ1) is 17.8. The third-order valence-corrected chi connectivity index (χ3v) is 4.07. The van der Waals surface area contributed by atoms with Crippen molar-refractivity contribution in [3.8, 4) is 16.9 Å². The van der Waals surface area contributed by atoms with Gasteiger partial charge in [-0.05, 0) is 24.6 Å². The van der Waals surface area contributed by atoms with Crippen LogP contribution >= 0.6 is 0 Å². The van der Waals surface area contributed by atoms with E-state index >= 15 is 0 Å².